The molecule has 3 heteroatoms. The van der Waals surface area contributed by atoms with Crippen LogP contribution in [-0.4, -0.2) is 16.7 Å². The van der Waals surface area contributed by atoms with E-state index in [-0.39, 0.29) is 0 Å². The van der Waals surface area contributed by atoms with Gasteiger partial charge in [-0.1, -0.05) is 0 Å². The van der Waals surface area contributed by atoms with E-state index < -0.39 is 0 Å². The predicted molar refractivity (Wildman–Crippen MR) is 69.5 cm³/mol. The number of rotatable bonds is 1. The lowest BCUT2D eigenvalue weighted by Gasteiger charge is -2.01. The van der Waals surface area contributed by atoms with Gasteiger partial charge in [-0.15, -0.1) is 0 Å². The van der Waals surface area contributed by atoms with Crippen molar-refractivity contribution in [2.45, 2.75) is 6.92 Å². The van der Waals surface area contributed by atoms with Gasteiger partial charge in [0, 0.05) is 35.7 Å². The second-order valence-corrected chi connectivity index (χ2v) is 4.29. The van der Waals surface area contributed by atoms with Crippen LogP contribution in [0.25, 0.3) is 21.8 Å². The lowest BCUT2D eigenvalue weighted by Crippen LogP contribution is -1.89. The van der Waals surface area contributed by atoms with Gasteiger partial charge in [-0.25, -0.2) is 0 Å². The van der Waals surface area contributed by atoms with Gasteiger partial charge >= 0.3 is 0 Å². The highest BCUT2D eigenvalue weighted by Crippen LogP contribution is 2.31. The summed E-state index contributed by atoms with van der Waals surface area (Å²) in [6.07, 6.45) is 3.82. The first-order valence-corrected chi connectivity index (χ1v) is 5.59. The van der Waals surface area contributed by atoms with E-state index in [9.17, 15) is 0 Å². The monoisotopic (exact) mass is 226 g/mol. The van der Waals surface area contributed by atoms with Crippen LogP contribution in [0.5, 0.6) is 5.75 Å². The van der Waals surface area contributed by atoms with Crippen LogP contribution in [-0.2, 0) is 7.05 Å². The zero-order valence-corrected chi connectivity index (χ0v) is 10.2. The molecule has 0 N–H and O–H groups in total. The molecule has 0 unspecified atom stereocenters. The molecule has 0 atom stereocenters. The Balaban J connectivity index is 2.55. The average Bonchev–Trinajstić information content (AvgIpc) is 2.64. The number of ether oxygens (including phenoxy) is 1. The number of hydrogen-bond acceptors (Lipinski definition) is 2. The Morgan fingerprint density at radius 3 is 2.76 bits per heavy atom. The number of methoxy groups -OCH3 is 1. The fourth-order valence-electron chi connectivity index (χ4n) is 2.47. The molecule has 2 aromatic heterocycles. The van der Waals surface area contributed by atoms with Gasteiger partial charge in [0.1, 0.15) is 5.75 Å². The van der Waals surface area contributed by atoms with E-state index in [4.69, 9.17) is 4.74 Å². The molecular formula is C14H14N2O. The number of pyridine rings is 1. The minimum Gasteiger partial charge on any atom is -0.497 e. The molecule has 0 bridgehead atoms. The van der Waals surface area contributed by atoms with Gasteiger partial charge in [-0.2, -0.15) is 0 Å². The van der Waals surface area contributed by atoms with Crippen LogP contribution in [0, 0.1) is 6.92 Å². The standard InChI is InChI=1S/C14H14N2O/c1-9-7-15-8-12-11-6-10(17-3)4-5-13(11)16(2)14(9)12/h4-8H,1-3H3. The van der Waals surface area contributed by atoms with Crippen molar-refractivity contribution in [1.82, 2.24) is 9.55 Å². The molecule has 3 aromatic rings. The normalized spacial score (nSPS) is 11.2. The Kier molecular flexibility index (Phi) is 2.08. The molecule has 0 aliphatic heterocycles. The molecule has 0 spiro atoms. The molecule has 17 heavy (non-hydrogen) atoms. The van der Waals surface area contributed by atoms with Crippen LogP contribution < -0.4 is 4.74 Å². The number of aromatic nitrogens is 2. The molecule has 0 radical (unpaired) electrons. The zero-order valence-electron chi connectivity index (χ0n) is 10.2. The first kappa shape index (κ1) is 10.1. The quantitative estimate of drug-likeness (QED) is 0.637. The van der Waals surface area contributed by atoms with Crippen LogP contribution in [0.15, 0.2) is 30.6 Å². The number of fused-ring (bicyclic) bond motifs is 3. The Labute approximate surface area is 99.6 Å². The maximum Gasteiger partial charge on any atom is 0.119 e. The fraction of sp³-hybridized carbons (Fsp3) is 0.214. The van der Waals surface area contributed by atoms with Crippen molar-refractivity contribution in [3.8, 4) is 5.75 Å². The van der Waals surface area contributed by atoms with Crippen LogP contribution in [0.1, 0.15) is 5.56 Å². The lowest BCUT2D eigenvalue weighted by atomic mass is 10.1. The second-order valence-electron chi connectivity index (χ2n) is 4.29. The second kappa shape index (κ2) is 3.48. The van der Waals surface area contributed by atoms with E-state index >= 15 is 0 Å². The van der Waals surface area contributed by atoms with E-state index in [1.54, 1.807) is 7.11 Å². The minimum absolute atomic E-state index is 0.881. The average molecular weight is 226 g/mol. The summed E-state index contributed by atoms with van der Waals surface area (Å²) in [6.45, 7) is 2.09. The minimum atomic E-state index is 0.881. The van der Waals surface area contributed by atoms with Crippen molar-refractivity contribution < 1.29 is 4.74 Å². The van der Waals surface area contributed by atoms with E-state index in [1.165, 1.54) is 27.4 Å². The van der Waals surface area contributed by atoms with Crippen LogP contribution in [0.3, 0.4) is 0 Å². The largest absolute Gasteiger partial charge is 0.497 e. The summed E-state index contributed by atoms with van der Waals surface area (Å²) >= 11 is 0. The molecule has 0 fully saturated rings. The lowest BCUT2D eigenvalue weighted by molar-refractivity contribution is 0.415. The summed E-state index contributed by atoms with van der Waals surface area (Å²) in [6, 6.07) is 6.15. The first-order valence-electron chi connectivity index (χ1n) is 5.59. The Morgan fingerprint density at radius 1 is 1.18 bits per heavy atom. The van der Waals surface area contributed by atoms with Gasteiger partial charge in [0.25, 0.3) is 0 Å². The smallest absolute Gasteiger partial charge is 0.119 e. The number of nitrogens with zero attached hydrogens (tertiary/aromatic N) is 2. The Hall–Kier alpha value is -2.03. The summed E-state index contributed by atoms with van der Waals surface area (Å²) in [7, 11) is 3.78. The molecule has 0 amide bonds. The highest BCUT2D eigenvalue weighted by atomic mass is 16.5. The third-order valence-electron chi connectivity index (χ3n) is 3.29. The summed E-state index contributed by atoms with van der Waals surface area (Å²) in [5, 5.41) is 2.37. The molecule has 0 saturated carbocycles. The Morgan fingerprint density at radius 2 is 2.00 bits per heavy atom. The summed E-state index contributed by atoms with van der Waals surface area (Å²) in [5.74, 6) is 0.881. The maximum absolute atomic E-state index is 5.28. The summed E-state index contributed by atoms with van der Waals surface area (Å²) in [5.41, 5.74) is 3.64. The zero-order chi connectivity index (χ0) is 12.0. The third kappa shape index (κ3) is 1.32. The topological polar surface area (TPSA) is 27.1 Å². The van der Waals surface area contributed by atoms with Crippen molar-refractivity contribution in [2.75, 3.05) is 7.11 Å². The van der Waals surface area contributed by atoms with Crippen LogP contribution in [0.2, 0.25) is 0 Å². The molecule has 1 aromatic carbocycles. The van der Waals surface area contributed by atoms with Crippen molar-refractivity contribution in [1.29, 1.82) is 0 Å². The van der Waals surface area contributed by atoms with Gasteiger partial charge in [-0.05, 0) is 30.7 Å². The van der Waals surface area contributed by atoms with Gasteiger partial charge in [0.05, 0.1) is 12.6 Å². The van der Waals surface area contributed by atoms with Crippen molar-refractivity contribution in [3.63, 3.8) is 0 Å². The van der Waals surface area contributed by atoms with Crippen molar-refractivity contribution in [3.05, 3.63) is 36.2 Å². The molecule has 3 rings (SSSR count). The number of aryl methyl sites for hydroxylation is 2. The highest BCUT2D eigenvalue weighted by molar-refractivity contribution is 6.08. The van der Waals surface area contributed by atoms with Crippen LogP contribution >= 0.6 is 0 Å². The summed E-state index contributed by atoms with van der Waals surface area (Å²) in [4.78, 5) is 4.28. The predicted octanol–water partition coefficient (Wildman–Crippen LogP) is 3.04. The van der Waals surface area contributed by atoms with Crippen molar-refractivity contribution >= 4 is 21.8 Å². The van der Waals surface area contributed by atoms with E-state index in [1.807, 2.05) is 18.5 Å². The Bertz CT molecular complexity index is 713. The van der Waals surface area contributed by atoms with Crippen LogP contribution in [0.4, 0.5) is 0 Å². The van der Waals surface area contributed by atoms with E-state index in [0.29, 0.717) is 0 Å². The molecule has 0 saturated heterocycles. The van der Waals surface area contributed by atoms with E-state index in [2.05, 4.69) is 35.7 Å². The van der Waals surface area contributed by atoms with Gasteiger partial charge < -0.3 is 9.30 Å². The van der Waals surface area contributed by atoms with Crippen molar-refractivity contribution in [2.24, 2.45) is 7.05 Å². The SMILES string of the molecule is COc1ccc2c(c1)c1cncc(C)c1n2C. The molecule has 2 heterocycles. The summed E-state index contributed by atoms with van der Waals surface area (Å²) < 4.78 is 7.49. The number of benzene rings is 1. The fourth-order valence-corrected chi connectivity index (χ4v) is 2.47. The highest BCUT2D eigenvalue weighted by Gasteiger charge is 2.10. The number of hydrogen-bond donors (Lipinski definition) is 0. The first-order chi connectivity index (χ1) is 8.22. The molecule has 3 nitrogen and oxygen atoms in total. The molecule has 0 aliphatic carbocycles. The molecule has 86 valence electrons. The van der Waals surface area contributed by atoms with E-state index in [0.717, 1.165) is 5.75 Å². The van der Waals surface area contributed by atoms with Gasteiger partial charge in [-0.3, -0.25) is 4.98 Å². The van der Waals surface area contributed by atoms with Gasteiger partial charge in [0.2, 0.25) is 0 Å². The third-order valence-corrected chi connectivity index (χ3v) is 3.29. The molecule has 0 aliphatic rings. The molecular weight excluding hydrogens is 212 g/mol. The maximum atomic E-state index is 5.28. The van der Waals surface area contributed by atoms with Gasteiger partial charge in [0.15, 0.2) is 0 Å².